The predicted molar refractivity (Wildman–Crippen MR) is 130 cm³/mol. The minimum absolute atomic E-state index is 0.0175. The molecule has 2 heterocycles. The molecular formula is C28H32N2O3. The van der Waals surface area contributed by atoms with Gasteiger partial charge in [-0.2, -0.15) is 0 Å². The molecule has 0 aromatic heterocycles. The second-order valence-corrected chi connectivity index (χ2v) is 9.32. The number of imide groups is 1. The van der Waals surface area contributed by atoms with E-state index in [9.17, 15) is 9.59 Å². The highest BCUT2D eigenvalue weighted by Crippen LogP contribution is 2.40. The van der Waals surface area contributed by atoms with Crippen molar-refractivity contribution in [3.8, 4) is 5.75 Å². The van der Waals surface area contributed by atoms with Crippen molar-refractivity contribution in [1.82, 2.24) is 4.90 Å². The average molecular weight is 445 g/mol. The molecule has 0 saturated heterocycles. The summed E-state index contributed by atoms with van der Waals surface area (Å²) in [5.74, 6) is 0.458. The lowest BCUT2D eigenvalue weighted by molar-refractivity contribution is -0.140. The second-order valence-electron chi connectivity index (χ2n) is 9.32. The average Bonchev–Trinajstić information content (AvgIpc) is 3.08. The van der Waals surface area contributed by atoms with E-state index in [0.29, 0.717) is 11.3 Å². The van der Waals surface area contributed by atoms with Crippen LogP contribution < -0.4 is 9.64 Å². The molecule has 5 heteroatoms. The van der Waals surface area contributed by atoms with Crippen LogP contribution in [0, 0.1) is 0 Å². The first kappa shape index (κ1) is 21.7. The van der Waals surface area contributed by atoms with Crippen molar-refractivity contribution in [2.24, 2.45) is 0 Å². The molecule has 5 nitrogen and oxygen atoms in total. The van der Waals surface area contributed by atoms with E-state index in [0.717, 1.165) is 62.1 Å². The van der Waals surface area contributed by atoms with Gasteiger partial charge in [-0.3, -0.25) is 14.5 Å². The van der Waals surface area contributed by atoms with Crippen LogP contribution in [0.5, 0.6) is 5.75 Å². The lowest BCUT2D eigenvalue weighted by Crippen LogP contribution is -2.43. The number of anilines is 1. The summed E-state index contributed by atoms with van der Waals surface area (Å²) in [6, 6.07) is 15.8. The molecule has 1 aliphatic carbocycles. The summed E-state index contributed by atoms with van der Waals surface area (Å²) in [5.41, 5.74) is 4.13. The number of benzene rings is 2. The van der Waals surface area contributed by atoms with Gasteiger partial charge in [0, 0.05) is 18.3 Å². The van der Waals surface area contributed by atoms with Gasteiger partial charge >= 0.3 is 0 Å². The standard InChI is InChI=1S/C28H32N2O3/c1-33-23-17-15-21(16-18-23)25-26(29-19-9-11-20-10-7-8-14-24(20)29)28(32)30(27(25)31)22-12-5-3-2-4-6-13-22/h7-8,10,14-18,22H,2-6,9,11-13,19H2,1H3. The van der Waals surface area contributed by atoms with Crippen LogP contribution in [-0.4, -0.2) is 36.4 Å². The van der Waals surface area contributed by atoms with Gasteiger partial charge in [0.15, 0.2) is 0 Å². The zero-order valence-corrected chi connectivity index (χ0v) is 19.4. The molecule has 2 aliphatic heterocycles. The van der Waals surface area contributed by atoms with Gasteiger partial charge in [-0.1, -0.05) is 62.4 Å². The van der Waals surface area contributed by atoms with Gasteiger partial charge in [0.25, 0.3) is 11.8 Å². The van der Waals surface area contributed by atoms with Gasteiger partial charge in [-0.25, -0.2) is 0 Å². The molecule has 0 bridgehead atoms. The Balaban J connectivity index is 1.60. The molecule has 172 valence electrons. The Hall–Kier alpha value is -3.08. The van der Waals surface area contributed by atoms with E-state index in [1.165, 1.54) is 24.8 Å². The fourth-order valence-electron chi connectivity index (χ4n) is 5.59. The van der Waals surface area contributed by atoms with Crippen LogP contribution in [0.3, 0.4) is 0 Å². The van der Waals surface area contributed by atoms with E-state index in [-0.39, 0.29) is 17.9 Å². The summed E-state index contributed by atoms with van der Waals surface area (Å²) in [5, 5.41) is 0. The molecule has 5 rings (SSSR count). The SMILES string of the molecule is COc1ccc(C2=C(N3CCCc4ccccc43)C(=O)N(C3CCCCCCC3)C2=O)cc1. The highest BCUT2D eigenvalue weighted by Gasteiger charge is 2.45. The number of amides is 2. The third-order valence-electron chi connectivity index (χ3n) is 7.29. The van der Waals surface area contributed by atoms with E-state index >= 15 is 0 Å². The van der Waals surface area contributed by atoms with Gasteiger partial charge in [0.1, 0.15) is 11.4 Å². The summed E-state index contributed by atoms with van der Waals surface area (Å²) in [6.45, 7) is 0.740. The minimum Gasteiger partial charge on any atom is -0.497 e. The first-order valence-corrected chi connectivity index (χ1v) is 12.3. The highest BCUT2D eigenvalue weighted by atomic mass is 16.5. The van der Waals surface area contributed by atoms with Crippen LogP contribution in [-0.2, 0) is 16.0 Å². The van der Waals surface area contributed by atoms with Crippen LogP contribution in [0.15, 0.2) is 54.2 Å². The number of ether oxygens (including phenoxy) is 1. The van der Waals surface area contributed by atoms with Crippen molar-refractivity contribution in [2.75, 3.05) is 18.6 Å². The van der Waals surface area contributed by atoms with Crippen LogP contribution >= 0.6 is 0 Å². The van der Waals surface area contributed by atoms with Crippen molar-refractivity contribution < 1.29 is 14.3 Å². The molecule has 2 amide bonds. The Bertz CT molecular complexity index is 1060. The van der Waals surface area contributed by atoms with E-state index in [1.807, 2.05) is 36.4 Å². The first-order valence-electron chi connectivity index (χ1n) is 12.3. The topological polar surface area (TPSA) is 49.9 Å². The van der Waals surface area contributed by atoms with E-state index < -0.39 is 0 Å². The van der Waals surface area contributed by atoms with Gasteiger partial charge in [-0.05, 0) is 55.0 Å². The van der Waals surface area contributed by atoms with Crippen molar-refractivity contribution in [2.45, 2.75) is 63.8 Å². The monoisotopic (exact) mass is 444 g/mol. The maximum absolute atomic E-state index is 14.0. The fourth-order valence-corrected chi connectivity index (χ4v) is 5.59. The fraction of sp³-hybridized carbons (Fsp3) is 0.429. The number of fused-ring (bicyclic) bond motifs is 1. The summed E-state index contributed by atoms with van der Waals surface area (Å²) in [4.78, 5) is 31.6. The van der Waals surface area contributed by atoms with Crippen molar-refractivity contribution in [3.63, 3.8) is 0 Å². The summed E-state index contributed by atoms with van der Waals surface area (Å²) < 4.78 is 5.32. The van der Waals surface area contributed by atoms with Gasteiger partial charge in [-0.15, -0.1) is 0 Å². The summed E-state index contributed by atoms with van der Waals surface area (Å²) >= 11 is 0. The Labute approximate surface area is 196 Å². The number of hydrogen-bond acceptors (Lipinski definition) is 4. The normalized spacial score (nSPS) is 20.0. The van der Waals surface area contributed by atoms with Crippen LogP contribution in [0.4, 0.5) is 5.69 Å². The highest BCUT2D eigenvalue weighted by molar-refractivity contribution is 6.37. The number of methoxy groups -OCH3 is 1. The number of hydrogen-bond donors (Lipinski definition) is 0. The lowest BCUT2D eigenvalue weighted by Gasteiger charge is -2.33. The molecular weight excluding hydrogens is 412 g/mol. The third kappa shape index (κ3) is 4.05. The maximum Gasteiger partial charge on any atom is 0.278 e. The molecule has 1 fully saturated rings. The Morgan fingerprint density at radius 3 is 2.24 bits per heavy atom. The Morgan fingerprint density at radius 2 is 1.52 bits per heavy atom. The second kappa shape index (κ2) is 9.42. The van der Waals surface area contributed by atoms with Gasteiger partial charge in [0.05, 0.1) is 12.7 Å². The quantitative estimate of drug-likeness (QED) is 0.597. The number of carbonyl (C=O) groups excluding carboxylic acids is 2. The third-order valence-corrected chi connectivity index (χ3v) is 7.29. The summed E-state index contributed by atoms with van der Waals surface area (Å²) in [7, 11) is 1.63. The Morgan fingerprint density at radius 1 is 0.818 bits per heavy atom. The predicted octanol–water partition coefficient (Wildman–Crippen LogP) is 5.34. The molecule has 0 spiro atoms. The summed E-state index contributed by atoms with van der Waals surface area (Å²) in [6.07, 6.45) is 9.50. The lowest BCUT2D eigenvalue weighted by atomic mass is 9.95. The first-order chi connectivity index (χ1) is 16.2. The number of rotatable bonds is 4. The molecule has 0 atom stereocenters. The van der Waals surface area contributed by atoms with Crippen molar-refractivity contribution >= 4 is 23.1 Å². The van der Waals surface area contributed by atoms with Crippen molar-refractivity contribution in [1.29, 1.82) is 0 Å². The molecule has 1 saturated carbocycles. The van der Waals surface area contributed by atoms with E-state index in [4.69, 9.17) is 4.74 Å². The van der Waals surface area contributed by atoms with Crippen LogP contribution in [0.25, 0.3) is 5.57 Å². The van der Waals surface area contributed by atoms with Gasteiger partial charge in [0.2, 0.25) is 0 Å². The van der Waals surface area contributed by atoms with Crippen LogP contribution in [0.2, 0.25) is 0 Å². The zero-order valence-electron chi connectivity index (χ0n) is 19.4. The molecule has 0 N–H and O–H groups in total. The number of carbonyl (C=O) groups is 2. The van der Waals surface area contributed by atoms with E-state index in [1.54, 1.807) is 12.0 Å². The largest absolute Gasteiger partial charge is 0.497 e. The Kier molecular flexibility index (Phi) is 6.21. The molecule has 2 aromatic carbocycles. The number of para-hydroxylation sites is 1. The van der Waals surface area contributed by atoms with E-state index in [2.05, 4.69) is 17.0 Å². The van der Waals surface area contributed by atoms with Gasteiger partial charge < -0.3 is 9.64 Å². The molecule has 3 aliphatic rings. The molecule has 0 radical (unpaired) electrons. The number of aryl methyl sites for hydroxylation is 1. The maximum atomic E-state index is 14.0. The zero-order chi connectivity index (χ0) is 22.8. The molecule has 0 unspecified atom stereocenters. The molecule has 33 heavy (non-hydrogen) atoms. The van der Waals surface area contributed by atoms with Crippen LogP contribution in [0.1, 0.15) is 62.5 Å². The molecule has 2 aromatic rings. The number of nitrogens with zero attached hydrogens (tertiary/aromatic N) is 2. The smallest absolute Gasteiger partial charge is 0.278 e. The van der Waals surface area contributed by atoms with Crippen molar-refractivity contribution in [3.05, 3.63) is 65.4 Å². The minimum atomic E-state index is -0.145.